The van der Waals surface area contributed by atoms with Gasteiger partial charge in [-0.05, 0) is 54.8 Å². The highest BCUT2D eigenvalue weighted by molar-refractivity contribution is 5.91. The molecular formula is C24H30N3O2+. The van der Waals surface area contributed by atoms with Gasteiger partial charge in [0.25, 0.3) is 0 Å². The highest BCUT2D eigenvalue weighted by Gasteiger charge is 2.23. The van der Waals surface area contributed by atoms with Crippen LogP contribution in [0.1, 0.15) is 18.9 Å². The summed E-state index contributed by atoms with van der Waals surface area (Å²) < 4.78 is 5.29. The van der Waals surface area contributed by atoms with E-state index in [2.05, 4.69) is 42.2 Å². The monoisotopic (exact) mass is 392 g/mol. The lowest BCUT2D eigenvalue weighted by Gasteiger charge is -2.31. The number of methoxy groups -OCH3 is 1. The molecule has 0 aliphatic carbocycles. The average Bonchev–Trinajstić information content (AvgIpc) is 3.16. The Balaban J connectivity index is 1.55. The first-order chi connectivity index (χ1) is 14.2. The predicted molar refractivity (Wildman–Crippen MR) is 116 cm³/mol. The van der Waals surface area contributed by atoms with Crippen molar-refractivity contribution in [2.75, 3.05) is 39.8 Å². The quantitative estimate of drug-likeness (QED) is 0.677. The summed E-state index contributed by atoms with van der Waals surface area (Å²) in [6, 6.07) is 16.4. The molecule has 0 radical (unpaired) electrons. The molecule has 1 aromatic heterocycles. The summed E-state index contributed by atoms with van der Waals surface area (Å²) in [6.07, 6.45) is 1.29. The first-order valence-electron chi connectivity index (χ1n) is 10.5. The van der Waals surface area contributed by atoms with E-state index in [0.717, 1.165) is 61.7 Å². The minimum atomic E-state index is 0.270. The highest BCUT2D eigenvalue weighted by Crippen LogP contribution is 2.32. The van der Waals surface area contributed by atoms with Gasteiger partial charge in [0, 0.05) is 23.0 Å². The fourth-order valence-electron chi connectivity index (χ4n) is 4.28. The summed E-state index contributed by atoms with van der Waals surface area (Å²) in [4.78, 5) is 20.0. The predicted octanol–water partition coefficient (Wildman–Crippen LogP) is 2.52. The lowest BCUT2D eigenvalue weighted by atomic mass is 10.0. The van der Waals surface area contributed by atoms with Crippen molar-refractivity contribution in [3.63, 3.8) is 0 Å². The molecule has 0 saturated carbocycles. The van der Waals surface area contributed by atoms with Crippen molar-refractivity contribution in [1.29, 1.82) is 0 Å². The van der Waals surface area contributed by atoms with E-state index >= 15 is 0 Å². The third-order valence-electron chi connectivity index (χ3n) is 6.10. The molecule has 1 saturated heterocycles. The number of carbonyl (C=O) groups excluding carboxylic acids is 1. The Kier molecular flexibility index (Phi) is 5.86. The van der Waals surface area contributed by atoms with Gasteiger partial charge in [-0.2, -0.15) is 0 Å². The number of nitrogens with one attached hydrogen (secondary N) is 2. The summed E-state index contributed by atoms with van der Waals surface area (Å²) in [7, 11) is 1.68. The number of amides is 1. The van der Waals surface area contributed by atoms with E-state index in [1.165, 1.54) is 10.9 Å². The van der Waals surface area contributed by atoms with E-state index in [0.29, 0.717) is 6.42 Å². The lowest BCUT2D eigenvalue weighted by Crippen LogP contribution is -3.14. The van der Waals surface area contributed by atoms with Crippen LogP contribution in [0.25, 0.3) is 22.2 Å². The van der Waals surface area contributed by atoms with Crippen LogP contribution in [0.3, 0.4) is 0 Å². The highest BCUT2D eigenvalue weighted by atomic mass is 16.5. The van der Waals surface area contributed by atoms with E-state index in [1.54, 1.807) is 12.0 Å². The number of H-pyrrole nitrogens is 1. The van der Waals surface area contributed by atoms with Crippen molar-refractivity contribution in [1.82, 2.24) is 9.88 Å². The molecular weight excluding hydrogens is 362 g/mol. The smallest absolute Gasteiger partial charge is 0.223 e. The molecule has 1 fully saturated rings. The largest absolute Gasteiger partial charge is 0.497 e. The van der Waals surface area contributed by atoms with Gasteiger partial charge in [0.1, 0.15) is 5.75 Å². The Morgan fingerprint density at radius 1 is 1.10 bits per heavy atom. The molecule has 152 valence electrons. The Hall–Kier alpha value is -2.79. The maximum atomic E-state index is 12.8. The molecule has 2 heterocycles. The molecule has 4 rings (SSSR count). The molecule has 29 heavy (non-hydrogen) atoms. The molecule has 0 spiro atoms. The number of piperazine rings is 1. The van der Waals surface area contributed by atoms with Gasteiger partial charge < -0.3 is 19.5 Å². The number of fused-ring (bicyclic) bond motifs is 1. The molecule has 1 amide bonds. The zero-order valence-electron chi connectivity index (χ0n) is 17.3. The first-order valence-corrected chi connectivity index (χ1v) is 10.5. The number of hydrogen-bond acceptors (Lipinski definition) is 2. The second kappa shape index (κ2) is 8.70. The molecule has 3 aromatic rings. The van der Waals surface area contributed by atoms with Crippen LogP contribution in [0.15, 0.2) is 48.5 Å². The van der Waals surface area contributed by atoms with Crippen molar-refractivity contribution < 1.29 is 14.4 Å². The van der Waals surface area contributed by atoms with Crippen LogP contribution in [0.2, 0.25) is 0 Å². The molecule has 5 heteroatoms. The molecule has 0 unspecified atom stereocenters. The minimum absolute atomic E-state index is 0.270. The van der Waals surface area contributed by atoms with Gasteiger partial charge in [-0.3, -0.25) is 4.79 Å². The zero-order valence-corrected chi connectivity index (χ0v) is 17.3. The van der Waals surface area contributed by atoms with Gasteiger partial charge in [0.05, 0.1) is 39.8 Å². The van der Waals surface area contributed by atoms with E-state index in [9.17, 15) is 4.79 Å². The number of nitrogens with zero attached hydrogens (tertiary/aromatic N) is 1. The average molecular weight is 393 g/mol. The second-order valence-corrected chi connectivity index (χ2v) is 7.74. The van der Waals surface area contributed by atoms with Gasteiger partial charge in [0.2, 0.25) is 5.91 Å². The number of likely N-dealkylation sites (N-methyl/N-ethyl adjacent to an activating group) is 1. The van der Waals surface area contributed by atoms with E-state index in [-0.39, 0.29) is 5.91 Å². The summed E-state index contributed by atoms with van der Waals surface area (Å²) in [5.74, 6) is 1.11. The van der Waals surface area contributed by atoms with Gasteiger partial charge in [-0.1, -0.05) is 18.2 Å². The van der Waals surface area contributed by atoms with Crippen molar-refractivity contribution in [3.8, 4) is 17.0 Å². The van der Waals surface area contributed by atoms with Gasteiger partial charge in [0.15, 0.2) is 0 Å². The maximum Gasteiger partial charge on any atom is 0.223 e. The summed E-state index contributed by atoms with van der Waals surface area (Å²) in [5, 5.41) is 1.20. The summed E-state index contributed by atoms with van der Waals surface area (Å²) >= 11 is 0. The van der Waals surface area contributed by atoms with Crippen LogP contribution >= 0.6 is 0 Å². The van der Waals surface area contributed by atoms with Crippen molar-refractivity contribution in [2.45, 2.75) is 19.8 Å². The maximum absolute atomic E-state index is 12.8. The lowest BCUT2D eigenvalue weighted by molar-refractivity contribution is -0.902. The molecule has 5 nitrogen and oxygen atoms in total. The number of carbonyl (C=O) groups is 1. The first kappa shape index (κ1) is 19.5. The number of benzene rings is 2. The fraction of sp³-hybridized carbons (Fsp3) is 0.375. The molecule has 1 aliphatic rings. The molecule has 0 atom stereocenters. The summed E-state index contributed by atoms with van der Waals surface area (Å²) in [6.45, 7) is 7.23. The number of aromatic nitrogens is 1. The topological polar surface area (TPSA) is 49.8 Å². The summed E-state index contributed by atoms with van der Waals surface area (Å²) in [5.41, 5.74) is 4.55. The van der Waals surface area contributed by atoms with Gasteiger partial charge in [-0.15, -0.1) is 0 Å². The Morgan fingerprint density at radius 2 is 1.83 bits per heavy atom. The third-order valence-corrected chi connectivity index (χ3v) is 6.10. The number of aromatic amines is 1. The van der Waals surface area contributed by atoms with Crippen LogP contribution in [0.5, 0.6) is 5.75 Å². The zero-order chi connectivity index (χ0) is 20.2. The van der Waals surface area contributed by atoms with E-state index < -0.39 is 0 Å². The molecule has 2 aromatic carbocycles. The van der Waals surface area contributed by atoms with Crippen LogP contribution < -0.4 is 9.64 Å². The number of para-hydroxylation sites is 1. The van der Waals surface area contributed by atoms with Gasteiger partial charge >= 0.3 is 0 Å². The number of quaternary nitrogens is 1. The van der Waals surface area contributed by atoms with Crippen molar-refractivity contribution >= 4 is 16.8 Å². The van der Waals surface area contributed by atoms with Crippen LogP contribution in [-0.2, 0) is 11.2 Å². The molecule has 0 bridgehead atoms. The number of aryl methyl sites for hydroxylation is 1. The Labute approximate surface area is 172 Å². The van der Waals surface area contributed by atoms with Crippen LogP contribution in [-0.4, -0.2) is 55.6 Å². The SMILES string of the molecule is CC[NH+]1CCN(C(=O)CCc2c(-c3ccc(OC)cc3)[nH]c3ccccc23)CC1. The standard InChI is InChI=1S/C24H29N3O2/c1-3-26-14-16-27(17-15-26)23(28)13-12-21-20-6-4-5-7-22(20)25-24(21)18-8-10-19(29-2)11-9-18/h4-11,25H,3,12-17H2,1-2H3/p+1. The minimum Gasteiger partial charge on any atom is -0.497 e. The second-order valence-electron chi connectivity index (χ2n) is 7.74. The fourth-order valence-corrected chi connectivity index (χ4v) is 4.28. The van der Waals surface area contributed by atoms with Crippen LogP contribution in [0.4, 0.5) is 0 Å². The van der Waals surface area contributed by atoms with Gasteiger partial charge in [-0.25, -0.2) is 0 Å². The number of rotatable bonds is 6. The Morgan fingerprint density at radius 3 is 2.52 bits per heavy atom. The van der Waals surface area contributed by atoms with E-state index in [4.69, 9.17) is 4.74 Å². The Bertz CT molecular complexity index is 969. The van der Waals surface area contributed by atoms with E-state index in [1.807, 2.05) is 23.1 Å². The molecule has 1 aliphatic heterocycles. The van der Waals surface area contributed by atoms with Crippen molar-refractivity contribution in [3.05, 3.63) is 54.1 Å². The number of ether oxygens (including phenoxy) is 1. The number of hydrogen-bond donors (Lipinski definition) is 2. The van der Waals surface area contributed by atoms with Crippen LogP contribution in [0, 0.1) is 0 Å². The normalized spacial score (nSPS) is 15.0. The third kappa shape index (κ3) is 4.15. The van der Waals surface area contributed by atoms with Crippen molar-refractivity contribution in [2.24, 2.45) is 0 Å². The molecule has 2 N–H and O–H groups in total.